The van der Waals surface area contributed by atoms with Gasteiger partial charge in [0.25, 0.3) is 5.91 Å². The fourth-order valence-corrected chi connectivity index (χ4v) is 5.41. The number of piperidine rings is 1. The molecule has 0 saturated carbocycles. The van der Waals surface area contributed by atoms with E-state index in [-0.39, 0.29) is 23.0 Å². The summed E-state index contributed by atoms with van der Waals surface area (Å²) in [5.74, 6) is -1.06. The standard InChI is InChI=1S/C31H35ClN2O6/c1-19(2)26(28(36)34-13-12-31(38,30(3,4)18-34)23-8-10-24(32)11-9-23)33-27(35)21-15-20(25-7-6-14-40-25)16-22(17-21)29(37)39-5/h6-11,14-17,19,26,38H,12-13,18H2,1-5H3,(H,33,35)/t26-,31+/m1/s1. The molecule has 2 atom stereocenters. The number of methoxy groups -OCH3 is 1. The number of aliphatic hydroxyl groups is 1. The minimum atomic E-state index is -1.15. The maximum absolute atomic E-state index is 13.8. The maximum atomic E-state index is 13.8. The molecule has 1 aromatic heterocycles. The van der Waals surface area contributed by atoms with Crippen LogP contribution in [0.4, 0.5) is 0 Å². The van der Waals surface area contributed by atoms with E-state index in [1.807, 2.05) is 39.8 Å². The Morgan fingerprint density at radius 1 is 1.07 bits per heavy atom. The molecule has 40 heavy (non-hydrogen) atoms. The van der Waals surface area contributed by atoms with Gasteiger partial charge < -0.3 is 24.5 Å². The highest BCUT2D eigenvalue weighted by atomic mass is 35.5. The van der Waals surface area contributed by atoms with Gasteiger partial charge in [-0.05, 0) is 60.4 Å². The van der Waals surface area contributed by atoms with Gasteiger partial charge >= 0.3 is 5.97 Å². The molecule has 0 spiro atoms. The van der Waals surface area contributed by atoms with Gasteiger partial charge in [-0.15, -0.1) is 0 Å². The second-order valence-corrected chi connectivity index (χ2v) is 11.7. The third kappa shape index (κ3) is 5.78. The summed E-state index contributed by atoms with van der Waals surface area (Å²) < 4.78 is 10.3. The summed E-state index contributed by atoms with van der Waals surface area (Å²) in [6.45, 7) is 8.20. The molecular weight excluding hydrogens is 532 g/mol. The molecule has 2 amide bonds. The number of furan rings is 1. The molecule has 3 aromatic rings. The lowest BCUT2D eigenvalue weighted by molar-refractivity contribution is -0.155. The van der Waals surface area contributed by atoms with E-state index in [2.05, 4.69) is 5.32 Å². The number of rotatable bonds is 7. The van der Waals surface area contributed by atoms with Crippen LogP contribution in [-0.4, -0.2) is 54.0 Å². The minimum Gasteiger partial charge on any atom is -0.465 e. The van der Waals surface area contributed by atoms with Gasteiger partial charge in [-0.25, -0.2) is 4.79 Å². The Bertz CT molecular complexity index is 1380. The van der Waals surface area contributed by atoms with Gasteiger partial charge in [-0.2, -0.15) is 0 Å². The van der Waals surface area contributed by atoms with Crippen LogP contribution in [0.25, 0.3) is 11.3 Å². The first-order chi connectivity index (χ1) is 18.9. The molecular formula is C31H35ClN2O6. The Morgan fingerprint density at radius 3 is 2.33 bits per heavy atom. The highest BCUT2D eigenvalue weighted by Crippen LogP contribution is 2.46. The average Bonchev–Trinajstić information content (AvgIpc) is 3.47. The first kappa shape index (κ1) is 29.4. The zero-order valence-corrected chi connectivity index (χ0v) is 24.1. The van der Waals surface area contributed by atoms with Gasteiger partial charge in [0.1, 0.15) is 11.8 Å². The Morgan fingerprint density at radius 2 is 1.75 bits per heavy atom. The van der Waals surface area contributed by atoms with Crippen LogP contribution in [0, 0.1) is 11.3 Å². The van der Waals surface area contributed by atoms with Crippen molar-refractivity contribution < 1.29 is 28.6 Å². The lowest BCUT2D eigenvalue weighted by atomic mass is 9.66. The van der Waals surface area contributed by atoms with Crippen LogP contribution in [0.1, 0.15) is 60.4 Å². The van der Waals surface area contributed by atoms with Gasteiger partial charge in [0.2, 0.25) is 5.91 Å². The van der Waals surface area contributed by atoms with Crippen LogP contribution in [0.3, 0.4) is 0 Å². The molecule has 0 unspecified atom stereocenters. The van der Waals surface area contributed by atoms with Crippen molar-refractivity contribution in [1.82, 2.24) is 10.2 Å². The van der Waals surface area contributed by atoms with Gasteiger partial charge in [-0.1, -0.05) is 51.4 Å². The Balaban J connectivity index is 1.56. The number of nitrogens with zero attached hydrogens (tertiary/aromatic N) is 1. The second-order valence-electron chi connectivity index (χ2n) is 11.2. The fraction of sp³-hybridized carbons (Fsp3) is 0.387. The number of carbonyl (C=O) groups excluding carboxylic acids is 3. The summed E-state index contributed by atoms with van der Waals surface area (Å²) in [6.07, 6.45) is 1.83. The number of halogens is 1. The maximum Gasteiger partial charge on any atom is 0.337 e. The van der Waals surface area contributed by atoms with E-state index in [4.69, 9.17) is 20.8 Å². The van der Waals surface area contributed by atoms with Crippen LogP contribution in [0.15, 0.2) is 65.3 Å². The van der Waals surface area contributed by atoms with E-state index in [1.165, 1.54) is 19.4 Å². The van der Waals surface area contributed by atoms with E-state index in [1.54, 1.807) is 41.3 Å². The number of carbonyl (C=O) groups is 3. The number of amides is 2. The molecule has 1 aliphatic rings. The molecule has 2 N–H and O–H groups in total. The van der Waals surface area contributed by atoms with Crippen LogP contribution >= 0.6 is 11.6 Å². The molecule has 1 aliphatic heterocycles. The molecule has 4 rings (SSSR count). The number of likely N-dealkylation sites (tertiary alicyclic amines) is 1. The third-order valence-corrected chi connectivity index (χ3v) is 7.98. The van der Waals surface area contributed by atoms with Crippen LogP contribution in [-0.2, 0) is 15.1 Å². The third-order valence-electron chi connectivity index (χ3n) is 7.72. The van der Waals surface area contributed by atoms with E-state index >= 15 is 0 Å². The van der Waals surface area contributed by atoms with Crippen molar-refractivity contribution >= 4 is 29.4 Å². The number of ether oxygens (including phenoxy) is 1. The van der Waals surface area contributed by atoms with Crippen molar-refractivity contribution in [2.24, 2.45) is 11.3 Å². The largest absolute Gasteiger partial charge is 0.465 e. The van der Waals surface area contributed by atoms with E-state index in [9.17, 15) is 19.5 Å². The molecule has 9 heteroatoms. The number of hydrogen-bond acceptors (Lipinski definition) is 6. The topological polar surface area (TPSA) is 109 Å². The van der Waals surface area contributed by atoms with E-state index < -0.39 is 28.9 Å². The van der Waals surface area contributed by atoms with Crippen molar-refractivity contribution in [2.75, 3.05) is 20.2 Å². The van der Waals surface area contributed by atoms with Crippen molar-refractivity contribution in [1.29, 1.82) is 0 Å². The first-order valence-corrected chi connectivity index (χ1v) is 13.6. The summed E-state index contributed by atoms with van der Waals surface area (Å²) in [6, 6.07) is 14.4. The van der Waals surface area contributed by atoms with Gasteiger partial charge in [0.05, 0.1) is 24.5 Å². The smallest absolute Gasteiger partial charge is 0.337 e. The van der Waals surface area contributed by atoms with Crippen molar-refractivity contribution in [3.63, 3.8) is 0 Å². The average molecular weight is 567 g/mol. The SMILES string of the molecule is COC(=O)c1cc(C(=O)N[C@@H](C(=O)N2CC[C@](O)(c3ccc(Cl)cc3)C(C)(C)C2)C(C)C)cc(-c2ccco2)c1. The molecule has 2 aromatic carbocycles. The van der Waals surface area contributed by atoms with Crippen molar-refractivity contribution in [2.45, 2.75) is 45.8 Å². The highest BCUT2D eigenvalue weighted by Gasteiger charge is 2.50. The number of esters is 1. The number of hydrogen-bond donors (Lipinski definition) is 2. The molecule has 1 fully saturated rings. The number of benzene rings is 2. The summed E-state index contributed by atoms with van der Waals surface area (Å²) in [5.41, 5.74) is -0.156. The zero-order chi connectivity index (χ0) is 29.2. The van der Waals surface area contributed by atoms with Gasteiger partial charge in [-0.3, -0.25) is 9.59 Å². The molecule has 212 valence electrons. The minimum absolute atomic E-state index is 0.188. The van der Waals surface area contributed by atoms with Gasteiger partial charge in [0, 0.05) is 34.7 Å². The summed E-state index contributed by atoms with van der Waals surface area (Å²) >= 11 is 6.05. The molecule has 0 bridgehead atoms. The number of nitrogens with one attached hydrogen (secondary N) is 1. The normalized spacial score (nSPS) is 19.2. The quantitative estimate of drug-likeness (QED) is 0.376. The lowest BCUT2D eigenvalue weighted by Gasteiger charge is -2.51. The second kappa shape index (κ2) is 11.5. The Labute approximate surface area is 239 Å². The Kier molecular flexibility index (Phi) is 8.42. The molecule has 2 heterocycles. The zero-order valence-electron chi connectivity index (χ0n) is 23.4. The van der Waals surface area contributed by atoms with E-state index in [0.29, 0.717) is 35.9 Å². The monoisotopic (exact) mass is 566 g/mol. The summed E-state index contributed by atoms with van der Waals surface area (Å²) in [4.78, 5) is 41.3. The predicted octanol–water partition coefficient (Wildman–Crippen LogP) is 5.29. The Hall–Kier alpha value is -3.62. The van der Waals surface area contributed by atoms with Crippen molar-refractivity contribution in [3.8, 4) is 11.3 Å². The van der Waals surface area contributed by atoms with Crippen LogP contribution < -0.4 is 5.32 Å². The molecule has 0 aliphatic carbocycles. The first-order valence-electron chi connectivity index (χ1n) is 13.2. The fourth-order valence-electron chi connectivity index (χ4n) is 5.29. The van der Waals surface area contributed by atoms with Gasteiger partial charge in [0.15, 0.2) is 0 Å². The molecule has 1 saturated heterocycles. The summed E-state index contributed by atoms with van der Waals surface area (Å²) in [7, 11) is 1.27. The van der Waals surface area contributed by atoms with Crippen LogP contribution in [0.5, 0.6) is 0 Å². The summed E-state index contributed by atoms with van der Waals surface area (Å²) in [5, 5.41) is 15.2. The highest BCUT2D eigenvalue weighted by molar-refractivity contribution is 6.30. The molecule has 0 radical (unpaired) electrons. The van der Waals surface area contributed by atoms with Crippen LogP contribution in [0.2, 0.25) is 5.02 Å². The molecule has 8 nitrogen and oxygen atoms in total. The predicted molar refractivity (Wildman–Crippen MR) is 152 cm³/mol. The van der Waals surface area contributed by atoms with Crippen molar-refractivity contribution in [3.05, 3.63) is 82.6 Å². The lowest BCUT2D eigenvalue weighted by Crippen LogP contribution is -2.60. The van der Waals surface area contributed by atoms with E-state index in [0.717, 1.165) is 5.56 Å².